The van der Waals surface area contributed by atoms with Gasteiger partial charge in [-0.05, 0) is 79.6 Å². The van der Waals surface area contributed by atoms with Gasteiger partial charge < -0.3 is 20.3 Å². The summed E-state index contributed by atoms with van der Waals surface area (Å²) in [6.07, 6.45) is 0.740. The quantitative estimate of drug-likeness (QED) is 0.120. The average molecular weight is 530 g/mol. The highest BCUT2D eigenvalue weighted by atomic mass is 16.6. The maximum absolute atomic E-state index is 13.2. The van der Waals surface area contributed by atoms with Crippen LogP contribution in [-0.4, -0.2) is 46.4 Å². The number of imide groups is 1. The summed E-state index contributed by atoms with van der Waals surface area (Å²) in [4.78, 5) is 50.2. The van der Waals surface area contributed by atoms with Gasteiger partial charge in [-0.3, -0.25) is 10.2 Å². The molecule has 0 heterocycles. The first-order valence-corrected chi connectivity index (χ1v) is 11.8. The Morgan fingerprint density at radius 1 is 0.897 bits per heavy atom. The number of carbonyl (C=O) groups is 4. The SMILES string of the molecule is CCOC(=O)N(Cc1ccc(C(=O)O)cc1)C(=O)C(C)=Cc1ccc(C(=O)Oc2ccc(C(=N)N)cc2)cc1. The zero-order chi connectivity index (χ0) is 28.5. The normalized spacial score (nSPS) is 10.9. The van der Waals surface area contributed by atoms with Gasteiger partial charge in [0.2, 0.25) is 0 Å². The van der Waals surface area contributed by atoms with Crippen LogP contribution in [0.2, 0.25) is 0 Å². The number of ether oxygens (including phenoxy) is 2. The van der Waals surface area contributed by atoms with Crippen molar-refractivity contribution in [2.24, 2.45) is 5.73 Å². The van der Waals surface area contributed by atoms with E-state index in [4.69, 9.17) is 25.7 Å². The molecule has 0 aliphatic heterocycles. The summed E-state index contributed by atoms with van der Waals surface area (Å²) in [5.41, 5.74) is 7.70. The van der Waals surface area contributed by atoms with Gasteiger partial charge in [0, 0.05) is 11.1 Å². The second-order valence-corrected chi connectivity index (χ2v) is 8.37. The first-order chi connectivity index (χ1) is 18.6. The monoisotopic (exact) mass is 529 g/mol. The van der Waals surface area contributed by atoms with E-state index in [1.807, 2.05) is 0 Å². The van der Waals surface area contributed by atoms with Gasteiger partial charge in [0.1, 0.15) is 11.6 Å². The van der Waals surface area contributed by atoms with Crippen LogP contribution in [0.3, 0.4) is 0 Å². The molecule has 0 aliphatic rings. The predicted molar refractivity (Wildman–Crippen MR) is 143 cm³/mol. The number of amidine groups is 1. The number of carbonyl (C=O) groups excluding carboxylic acids is 3. The number of carboxylic acid groups (broad SMARTS) is 1. The second kappa shape index (κ2) is 12.8. The van der Waals surface area contributed by atoms with Crippen LogP contribution < -0.4 is 10.5 Å². The Labute approximate surface area is 224 Å². The molecule has 3 aromatic carbocycles. The van der Waals surface area contributed by atoms with E-state index in [0.717, 1.165) is 4.90 Å². The molecule has 200 valence electrons. The number of rotatable bonds is 9. The summed E-state index contributed by atoms with van der Waals surface area (Å²) in [5, 5.41) is 16.5. The van der Waals surface area contributed by atoms with Crippen molar-refractivity contribution >= 4 is 35.9 Å². The van der Waals surface area contributed by atoms with Crippen molar-refractivity contribution in [3.63, 3.8) is 0 Å². The van der Waals surface area contributed by atoms with Crippen LogP contribution in [0.25, 0.3) is 6.08 Å². The number of nitrogens with one attached hydrogen (secondary N) is 1. The average Bonchev–Trinajstić information content (AvgIpc) is 2.92. The van der Waals surface area contributed by atoms with Crippen molar-refractivity contribution in [1.29, 1.82) is 5.41 Å². The minimum absolute atomic E-state index is 0.0712. The molecule has 0 aliphatic carbocycles. The van der Waals surface area contributed by atoms with Crippen molar-refractivity contribution in [2.75, 3.05) is 6.61 Å². The van der Waals surface area contributed by atoms with Crippen LogP contribution in [0.15, 0.2) is 78.4 Å². The number of aromatic carboxylic acids is 1. The molecule has 4 N–H and O–H groups in total. The minimum Gasteiger partial charge on any atom is -0.478 e. The molecule has 3 aromatic rings. The molecule has 0 spiro atoms. The van der Waals surface area contributed by atoms with E-state index < -0.39 is 23.9 Å². The van der Waals surface area contributed by atoms with Crippen LogP contribution in [0.1, 0.15) is 51.3 Å². The van der Waals surface area contributed by atoms with Crippen LogP contribution >= 0.6 is 0 Å². The van der Waals surface area contributed by atoms with Crippen LogP contribution in [0, 0.1) is 5.41 Å². The molecule has 0 saturated heterocycles. The molecule has 0 unspecified atom stereocenters. The molecule has 10 heteroatoms. The zero-order valence-corrected chi connectivity index (χ0v) is 21.3. The van der Waals surface area contributed by atoms with Crippen molar-refractivity contribution in [1.82, 2.24) is 4.90 Å². The summed E-state index contributed by atoms with van der Waals surface area (Å²) in [5.74, 6) is -2.05. The fraction of sp³-hybridized carbons (Fsp3) is 0.138. The fourth-order valence-electron chi connectivity index (χ4n) is 3.46. The van der Waals surface area contributed by atoms with E-state index in [1.54, 1.807) is 56.3 Å². The number of hydrogen-bond donors (Lipinski definition) is 3. The molecular weight excluding hydrogens is 502 g/mol. The summed E-state index contributed by atoms with van der Waals surface area (Å²) in [7, 11) is 0. The van der Waals surface area contributed by atoms with Gasteiger partial charge >= 0.3 is 18.0 Å². The van der Waals surface area contributed by atoms with Gasteiger partial charge in [-0.2, -0.15) is 0 Å². The molecule has 10 nitrogen and oxygen atoms in total. The number of hydrogen-bond acceptors (Lipinski definition) is 7. The fourth-order valence-corrected chi connectivity index (χ4v) is 3.46. The third kappa shape index (κ3) is 7.62. The molecule has 0 aromatic heterocycles. The number of benzene rings is 3. The standard InChI is InChI=1S/C29H27N3O7/c1-3-38-29(37)32(17-20-6-8-22(9-7-20)27(34)35)26(33)18(2)16-19-4-10-23(11-5-19)28(36)39-24-14-12-21(13-15-24)25(30)31/h4-16H,3,17H2,1-2H3,(H3,30,31)(H,34,35). The smallest absolute Gasteiger partial charge is 0.417 e. The summed E-state index contributed by atoms with van der Waals surface area (Å²) < 4.78 is 10.4. The maximum Gasteiger partial charge on any atom is 0.417 e. The van der Waals surface area contributed by atoms with Crippen molar-refractivity contribution in [3.8, 4) is 5.75 Å². The molecule has 39 heavy (non-hydrogen) atoms. The molecular formula is C29H27N3O7. The van der Waals surface area contributed by atoms with Crippen molar-refractivity contribution < 1.29 is 33.8 Å². The van der Waals surface area contributed by atoms with Crippen LogP contribution in [-0.2, 0) is 16.1 Å². The van der Waals surface area contributed by atoms with Crippen molar-refractivity contribution in [2.45, 2.75) is 20.4 Å². The Balaban J connectivity index is 1.72. The summed E-state index contributed by atoms with van der Waals surface area (Å²) in [6, 6.07) is 18.4. The van der Waals surface area contributed by atoms with Gasteiger partial charge in [0.05, 0.1) is 24.3 Å². The lowest BCUT2D eigenvalue weighted by Gasteiger charge is -2.20. The van der Waals surface area contributed by atoms with E-state index >= 15 is 0 Å². The predicted octanol–water partition coefficient (Wildman–Crippen LogP) is 4.48. The highest BCUT2D eigenvalue weighted by Gasteiger charge is 2.24. The molecule has 3 rings (SSSR count). The second-order valence-electron chi connectivity index (χ2n) is 8.37. The number of nitrogens with two attached hydrogens (primary N) is 1. The van der Waals surface area contributed by atoms with E-state index in [2.05, 4.69) is 0 Å². The Hall–Kier alpha value is -5.25. The Bertz CT molecular complexity index is 1410. The summed E-state index contributed by atoms with van der Waals surface area (Å²) >= 11 is 0. The van der Waals surface area contributed by atoms with Gasteiger partial charge in [0.25, 0.3) is 5.91 Å². The first kappa shape index (κ1) is 28.3. The zero-order valence-electron chi connectivity index (χ0n) is 21.3. The first-order valence-electron chi connectivity index (χ1n) is 11.8. The molecule has 0 fully saturated rings. The molecule has 0 bridgehead atoms. The van der Waals surface area contributed by atoms with Crippen LogP contribution in [0.5, 0.6) is 5.75 Å². The van der Waals surface area contributed by atoms with Crippen molar-refractivity contribution in [3.05, 3.63) is 106 Å². The van der Waals surface area contributed by atoms with E-state index in [0.29, 0.717) is 22.4 Å². The van der Waals surface area contributed by atoms with E-state index in [1.165, 1.54) is 36.4 Å². The molecule has 0 saturated carbocycles. The number of carboxylic acids is 1. The Morgan fingerprint density at radius 2 is 1.46 bits per heavy atom. The molecule has 2 amide bonds. The Morgan fingerprint density at radius 3 is 2.00 bits per heavy atom. The maximum atomic E-state index is 13.2. The molecule has 0 radical (unpaired) electrons. The lowest BCUT2D eigenvalue weighted by atomic mass is 10.1. The molecule has 0 atom stereocenters. The summed E-state index contributed by atoms with van der Waals surface area (Å²) in [6.45, 7) is 3.14. The van der Waals surface area contributed by atoms with Gasteiger partial charge in [-0.15, -0.1) is 0 Å². The number of esters is 1. The van der Waals surface area contributed by atoms with Gasteiger partial charge in [0.15, 0.2) is 0 Å². The Kier molecular flexibility index (Phi) is 9.31. The third-order valence-electron chi connectivity index (χ3n) is 5.52. The number of nitrogen functional groups attached to an aromatic ring is 1. The number of amides is 2. The topological polar surface area (TPSA) is 160 Å². The van der Waals surface area contributed by atoms with Crippen LogP contribution in [0.4, 0.5) is 4.79 Å². The van der Waals surface area contributed by atoms with E-state index in [9.17, 15) is 19.2 Å². The van der Waals surface area contributed by atoms with E-state index in [-0.39, 0.29) is 35.7 Å². The van der Waals surface area contributed by atoms with Gasteiger partial charge in [-0.1, -0.05) is 24.3 Å². The highest BCUT2D eigenvalue weighted by molar-refractivity contribution is 6.04. The lowest BCUT2D eigenvalue weighted by Crippen LogP contribution is -2.37. The highest BCUT2D eigenvalue weighted by Crippen LogP contribution is 2.17. The number of nitrogens with zero attached hydrogens (tertiary/aromatic N) is 1. The minimum atomic E-state index is -1.08. The largest absolute Gasteiger partial charge is 0.478 e. The third-order valence-corrected chi connectivity index (χ3v) is 5.52. The van der Waals surface area contributed by atoms with Gasteiger partial charge in [-0.25, -0.2) is 19.3 Å². The lowest BCUT2D eigenvalue weighted by molar-refractivity contribution is -0.125.